The predicted molar refractivity (Wildman–Crippen MR) is 76.5 cm³/mol. The van der Waals surface area contributed by atoms with Crippen molar-refractivity contribution in [2.45, 2.75) is 19.4 Å². The molecule has 0 saturated heterocycles. The lowest BCUT2D eigenvalue weighted by Gasteiger charge is -2.19. The first-order valence-electron chi connectivity index (χ1n) is 6.44. The first kappa shape index (κ1) is 14.9. The van der Waals surface area contributed by atoms with Crippen LogP contribution in [-0.4, -0.2) is 36.2 Å². The van der Waals surface area contributed by atoms with Crippen LogP contribution >= 0.6 is 0 Å². The van der Waals surface area contributed by atoms with Gasteiger partial charge in [-0.3, -0.25) is 4.90 Å². The van der Waals surface area contributed by atoms with E-state index in [0.29, 0.717) is 19.0 Å². The van der Waals surface area contributed by atoms with E-state index in [1.165, 1.54) is 11.1 Å². The third-order valence-corrected chi connectivity index (χ3v) is 3.11. The number of benzene rings is 1. The summed E-state index contributed by atoms with van der Waals surface area (Å²) < 4.78 is 0. The van der Waals surface area contributed by atoms with E-state index in [1.54, 1.807) is 0 Å². The lowest BCUT2D eigenvalue weighted by Crippen LogP contribution is -2.26. The predicted octanol–water partition coefficient (Wildman–Crippen LogP) is 1.73. The summed E-state index contributed by atoms with van der Waals surface area (Å²) in [6, 6.07) is 8.54. The summed E-state index contributed by atoms with van der Waals surface area (Å²) in [5, 5.41) is 9.00. The van der Waals surface area contributed by atoms with Crippen molar-refractivity contribution in [2.75, 3.05) is 26.2 Å². The molecule has 3 heteroatoms. The fraction of sp³-hybridized carbons (Fsp3) is 0.467. The quantitative estimate of drug-likeness (QED) is 0.689. The summed E-state index contributed by atoms with van der Waals surface area (Å²) in [6.45, 7) is 9.02. The largest absolute Gasteiger partial charge is 0.395 e. The number of aliphatic hydroxyl groups excluding tert-OH is 1. The topological polar surface area (TPSA) is 49.5 Å². The maximum absolute atomic E-state index is 9.00. The minimum Gasteiger partial charge on any atom is -0.395 e. The molecule has 0 saturated carbocycles. The van der Waals surface area contributed by atoms with E-state index in [0.717, 1.165) is 13.1 Å². The monoisotopic (exact) mass is 248 g/mol. The molecule has 1 aromatic rings. The van der Waals surface area contributed by atoms with Gasteiger partial charge in [-0.25, -0.2) is 0 Å². The molecule has 18 heavy (non-hydrogen) atoms. The Bertz CT molecular complexity index is 348. The van der Waals surface area contributed by atoms with Gasteiger partial charge in [0.15, 0.2) is 0 Å². The van der Waals surface area contributed by atoms with Crippen LogP contribution in [-0.2, 0) is 6.54 Å². The molecular formula is C15H24N2O. The second-order valence-electron chi connectivity index (χ2n) is 4.63. The van der Waals surface area contributed by atoms with Gasteiger partial charge in [-0.05, 0) is 23.6 Å². The van der Waals surface area contributed by atoms with Crippen LogP contribution in [0.5, 0.6) is 0 Å². The molecule has 1 atom stereocenters. The standard InChI is InChI=1S/C15H24N2O/c1-3-8-17(9-10-18)12-14-4-6-15(7-5-14)13(2)11-16/h3-7,13,18H,1,8-12,16H2,2H3. The van der Waals surface area contributed by atoms with Gasteiger partial charge in [0, 0.05) is 19.6 Å². The van der Waals surface area contributed by atoms with E-state index in [2.05, 4.69) is 42.7 Å². The molecule has 0 aliphatic carbocycles. The van der Waals surface area contributed by atoms with Crippen LogP contribution in [0.2, 0.25) is 0 Å². The van der Waals surface area contributed by atoms with E-state index in [9.17, 15) is 0 Å². The number of hydrogen-bond donors (Lipinski definition) is 2. The average Bonchev–Trinajstić information content (AvgIpc) is 2.39. The Morgan fingerprint density at radius 3 is 2.56 bits per heavy atom. The van der Waals surface area contributed by atoms with Gasteiger partial charge in [0.2, 0.25) is 0 Å². The van der Waals surface area contributed by atoms with Crippen molar-refractivity contribution in [1.29, 1.82) is 0 Å². The summed E-state index contributed by atoms with van der Waals surface area (Å²) in [5.74, 6) is 0.403. The number of nitrogens with zero attached hydrogens (tertiary/aromatic N) is 1. The van der Waals surface area contributed by atoms with Crippen LogP contribution in [0.3, 0.4) is 0 Å². The Hall–Kier alpha value is -1.16. The molecule has 0 heterocycles. The summed E-state index contributed by atoms with van der Waals surface area (Å²) in [5.41, 5.74) is 8.18. The Balaban J connectivity index is 2.63. The molecule has 0 fully saturated rings. The van der Waals surface area contributed by atoms with Crippen LogP contribution in [0.4, 0.5) is 0 Å². The highest BCUT2D eigenvalue weighted by atomic mass is 16.3. The third-order valence-electron chi connectivity index (χ3n) is 3.11. The summed E-state index contributed by atoms with van der Waals surface area (Å²) in [7, 11) is 0. The molecule has 3 nitrogen and oxygen atoms in total. The molecule has 1 unspecified atom stereocenters. The smallest absolute Gasteiger partial charge is 0.0558 e. The van der Waals surface area contributed by atoms with Crippen LogP contribution in [0.15, 0.2) is 36.9 Å². The van der Waals surface area contributed by atoms with Gasteiger partial charge in [0.1, 0.15) is 0 Å². The Labute approximate surface area is 110 Å². The van der Waals surface area contributed by atoms with Crippen molar-refractivity contribution < 1.29 is 5.11 Å². The Morgan fingerprint density at radius 2 is 2.06 bits per heavy atom. The van der Waals surface area contributed by atoms with Crippen LogP contribution < -0.4 is 5.73 Å². The SMILES string of the molecule is C=CCN(CCO)Cc1ccc(C(C)CN)cc1. The van der Waals surface area contributed by atoms with Crippen molar-refractivity contribution in [3.05, 3.63) is 48.0 Å². The molecule has 1 aromatic carbocycles. The summed E-state index contributed by atoms with van der Waals surface area (Å²) in [4.78, 5) is 2.16. The van der Waals surface area contributed by atoms with Crippen molar-refractivity contribution in [1.82, 2.24) is 4.90 Å². The van der Waals surface area contributed by atoms with Gasteiger partial charge in [0.25, 0.3) is 0 Å². The second-order valence-corrected chi connectivity index (χ2v) is 4.63. The molecule has 0 aliphatic heterocycles. The minimum absolute atomic E-state index is 0.177. The third kappa shape index (κ3) is 4.61. The van der Waals surface area contributed by atoms with Gasteiger partial charge in [0.05, 0.1) is 6.61 Å². The molecule has 0 aliphatic rings. The second kappa shape index (κ2) is 8.03. The van der Waals surface area contributed by atoms with Crippen LogP contribution in [0.1, 0.15) is 24.0 Å². The number of nitrogens with two attached hydrogens (primary N) is 1. The number of hydrogen-bond acceptors (Lipinski definition) is 3. The molecular weight excluding hydrogens is 224 g/mol. The highest BCUT2D eigenvalue weighted by Gasteiger charge is 2.05. The lowest BCUT2D eigenvalue weighted by molar-refractivity contribution is 0.203. The molecule has 0 aromatic heterocycles. The fourth-order valence-corrected chi connectivity index (χ4v) is 1.90. The van der Waals surface area contributed by atoms with Crippen molar-refractivity contribution in [3.63, 3.8) is 0 Å². The fourth-order valence-electron chi connectivity index (χ4n) is 1.90. The summed E-state index contributed by atoms with van der Waals surface area (Å²) in [6.07, 6.45) is 1.86. The maximum Gasteiger partial charge on any atom is 0.0558 e. The van der Waals surface area contributed by atoms with E-state index in [-0.39, 0.29) is 6.61 Å². The number of aliphatic hydroxyl groups is 1. The lowest BCUT2D eigenvalue weighted by atomic mass is 10.00. The highest BCUT2D eigenvalue weighted by molar-refractivity contribution is 5.25. The summed E-state index contributed by atoms with van der Waals surface area (Å²) >= 11 is 0. The maximum atomic E-state index is 9.00. The zero-order chi connectivity index (χ0) is 13.4. The van der Waals surface area contributed by atoms with Gasteiger partial charge in [-0.1, -0.05) is 37.3 Å². The molecule has 3 N–H and O–H groups in total. The van der Waals surface area contributed by atoms with Crippen LogP contribution in [0.25, 0.3) is 0 Å². The van der Waals surface area contributed by atoms with Crippen LogP contribution in [0, 0.1) is 0 Å². The van der Waals surface area contributed by atoms with E-state index >= 15 is 0 Å². The molecule has 0 radical (unpaired) electrons. The van der Waals surface area contributed by atoms with E-state index < -0.39 is 0 Å². The van der Waals surface area contributed by atoms with Crippen molar-refractivity contribution in [3.8, 4) is 0 Å². The first-order chi connectivity index (χ1) is 8.71. The molecule has 0 bridgehead atoms. The number of rotatable bonds is 8. The zero-order valence-electron chi connectivity index (χ0n) is 11.2. The van der Waals surface area contributed by atoms with Crippen molar-refractivity contribution >= 4 is 0 Å². The van der Waals surface area contributed by atoms with Gasteiger partial charge >= 0.3 is 0 Å². The molecule has 0 spiro atoms. The molecule has 0 amide bonds. The minimum atomic E-state index is 0.177. The molecule has 100 valence electrons. The normalized spacial score (nSPS) is 12.7. The molecule has 1 rings (SSSR count). The first-order valence-corrected chi connectivity index (χ1v) is 6.44. The Morgan fingerprint density at radius 1 is 1.39 bits per heavy atom. The average molecular weight is 248 g/mol. The van der Waals surface area contributed by atoms with E-state index in [1.807, 2.05) is 6.08 Å². The van der Waals surface area contributed by atoms with Crippen molar-refractivity contribution in [2.24, 2.45) is 5.73 Å². The van der Waals surface area contributed by atoms with Gasteiger partial charge in [-0.2, -0.15) is 0 Å². The van der Waals surface area contributed by atoms with Gasteiger partial charge < -0.3 is 10.8 Å². The highest BCUT2D eigenvalue weighted by Crippen LogP contribution is 2.15. The Kier molecular flexibility index (Phi) is 6.65. The van der Waals surface area contributed by atoms with Gasteiger partial charge in [-0.15, -0.1) is 6.58 Å². The zero-order valence-corrected chi connectivity index (χ0v) is 11.2. The van der Waals surface area contributed by atoms with E-state index in [4.69, 9.17) is 10.8 Å².